The van der Waals surface area contributed by atoms with E-state index in [4.69, 9.17) is 9.47 Å². The molecule has 0 radical (unpaired) electrons. The largest absolute Gasteiger partial charge is 0.481 e. The van der Waals surface area contributed by atoms with E-state index in [-0.39, 0.29) is 25.5 Å². The molecule has 1 amide bonds. The van der Waals surface area contributed by atoms with Crippen LogP contribution in [0.5, 0.6) is 0 Å². The van der Waals surface area contributed by atoms with Gasteiger partial charge >= 0.3 is 30.1 Å². The first kappa shape index (κ1) is 36.2. The van der Waals surface area contributed by atoms with Crippen LogP contribution in [0.2, 0.25) is 0 Å². The second kappa shape index (κ2) is 14.0. The number of alkyl halides is 6. The Morgan fingerprint density at radius 3 is 2.08 bits per heavy atom. The van der Waals surface area contributed by atoms with Crippen molar-refractivity contribution < 1.29 is 50.5 Å². The molecule has 0 saturated carbocycles. The number of H-pyrrole nitrogens is 1. The molecular weight excluding hydrogens is 674 g/mol. The number of hydrogen-bond donors (Lipinski definition) is 2. The van der Waals surface area contributed by atoms with Gasteiger partial charge in [-0.1, -0.05) is 60.7 Å². The predicted octanol–water partition coefficient (Wildman–Crippen LogP) is 6.88. The van der Waals surface area contributed by atoms with Crippen molar-refractivity contribution in [3.8, 4) is 0 Å². The first-order valence-corrected chi connectivity index (χ1v) is 15.3. The zero-order chi connectivity index (χ0) is 36.3. The lowest BCUT2D eigenvalue weighted by Gasteiger charge is -2.53. The van der Waals surface area contributed by atoms with Gasteiger partial charge in [0.05, 0.1) is 41.3 Å². The highest BCUT2D eigenvalue weighted by Crippen LogP contribution is 2.46. The maximum Gasteiger partial charge on any atom is 0.416 e. The summed E-state index contributed by atoms with van der Waals surface area (Å²) in [5.41, 5.74) is -6.10. The second-order valence-corrected chi connectivity index (χ2v) is 12.1. The summed E-state index contributed by atoms with van der Waals surface area (Å²) in [6.45, 7) is 0.218. The normalized spacial score (nSPS) is 20.3. The summed E-state index contributed by atoms with van der Waals surface area (Å²) < 4.78 is 94.9. The molecule has 0 aliphatic carbocycles. The molecule has 266 valence electrons. The Bertz CT molecular complexity index is 1830. The van der Waals surface area contributed by atoms with Crippen molar-refractivity contribution in [2.45, 2.75) is 62.3 Å². The van der Waals surface area contributed by atoms with Crippen LogP contribution in [0.4, 0.5) is 31.1 Å². The molecule has 2 N–H and O–H groups in total. The van der Waals surface area contributed by atoms with Gasteiger partial charge in [-0.3, -0.25) is 14.3 Å². The number of rotatable bonds is 10. The molecule has 1 fully saturated rings. The van der Waals surface area contributed by atoms with Crippen LogP contribution in [0.25, 0.3) is 0 Å². The molecule has 1 aliphatic heterocycles. The van der Waals surface area contributed by atoms with E-state index in [2.05, 4.69) is 10.2 Å². The van der Waals surface area contributed by atoms with E-state index < -0.39 is 83.5 Å². The van der Waals surface area contributed by atoms with E-state index in [0.29, 0.717) is 23.3 Å². The lowest BCUT2D eigenvalue weighted by atomic mass is 9.73. The number of nitrogens with zero attached hydrogens (tertiary/aromatic N) is 3. The van der Waals surface area contributed by atoms with Crippen molar-refractivity contribution in [3.05, 3.63) is 123 Å². The maximum atomic E-state index is 14.2. The van der Waals surface area contributed by atoms with Crippen molar-refractivity contribution in [2.24, 2.45) is 0 Å². The average molecular weight is 707 g/mol. The molecule has 5 rings (SSSR count). The van der Waals surface area contributed by atoms with Gasteiger partial charge in [-0.05, 0) is 54.7 Å². The molecular formula is C34H32F6N4O6. The fourth-order valence-electron chi connectivity index (χ4n) is 6.28. The van der Waals surface area contributed by atoms with Gasteiger partial charge in [0.1, 0.15) is 12.9 Å². The molecule has 1 aliphatic rings. The summed E-state index contributed by atoms with van der Waals surface area (Å²) in [6.07, 6.45) is -12.0. The van der Waals surface area contributed by atoms with Crippen molar-refractivity contribution in [2.75, 3.05) is 13.2 Å². The molecule has 0 spiro atoms. The average Bonchev–Trinajstić information content (AvgIpc) is 3.52. The number of carboxylic acid groups (broad SMARTS) is 1. The van der Waals surface area contributed by atoms with Crippen LogP contribution < -0.4 is 5.69 Å². The third-order valence-corrected chi connectivity index (χ3v) is 8.90. The smallest absolute Gasteiger partial charge is 0.416 e. The predicted molar refractivity (Wildman–Crippen MR) is 165 cm³/mol. The number of ether oxygens (including phenoxy) is 2. The van der Waals surface area contributed by atoms with Gasteiger partial charge in [-0.25, -0.2) is 14.7 Å². The molecule has 1 saturated heterocycles. The summed E-state index contributed by atoms with van der Waals surface area (Å²) in [5, 5.41) is 15.9. The Morgan fingerprint density at radius 2 is 1.54 bits per heavy atom. The Kier molecular flexibility index (Phi) is 10.1. The first-order valence-electron chi connectivity index (χ1n) is 15.3. The van der Waals surface area contributed by atoms with Crippen LogP contribution in [0.1, 0.15) is 60.1 Å². The van der Waals surface area contributed by atoms with E-state index in [0.717, 1.165) is 10.9 Å². The van der Waals surface area contributed by atoms with E-state index in [1.165, 1.54) is 11.8 Å². The van der Waals surface area contributed by atoms with Gasteiger partial charge in [0.15, 0.2) is 0 Å². The number of carbonyl (C=O) groups excluding carboxylic acids is 1. The quantitative estimate of drug-likeness (QED) is 0.172. The SMILES string of the molecule is C[C@@H](OC[C@@]1(c2ccccc2)CC[C@](CC(=O)O)(n2cn[nH]c2=O)CN1C(=O)OCc1ccccc1)c1cc(C(F)(F)F)cc(C(F)(F)F)c1. The number of carboxylic acids is 1. The molecule has 0 bridgehead atoms. The van der Waals surface area contributed by atoms with Crippen LogP contribution in [0.15, 0.2) is 90.0 Å². The number of amides is 1. The van der Waals surface area contributed by atoms with E-state index in [1.807, 2.05) is 0 Å². The van der Waals surface area contributed by atoms with Crippen LogP contribution in [0.3, 0.4) is 0 Å². The van der Waals surface area contributed by atoms with E-state index in [9.17, 15) is 45.8 Å². The van der Waals surface area contributed by atoms with Crippen molar-refractivity contribution in [3.63, 3.8) is 0 Å². The van der Waals surface area contributed by atoms with Crippen LogP contribution in [0, 0.1) is 0 Å². The minimum absolute atomic E-state index is 0.0210. The number of nitrogens with one attached hydrogen (secondary N) is 1. The Morgan fingerprint density at radius 1 is 0.940 bits per heavy atom. The highest BCUT2D eigenvalue weighted by atomic mass is 19.4. The lowest BCUT2D eigenvalue weighted by Crippen LogP contribution is -2.64. The summed E-state index contributed by atoms with van der Waals surface area (Å²) in [6, 6.07) is 18.2. The van der Waals surface area contributed by atoms with Crippen molar-refractivity contribution >= 4 is 12.1 Å². The molecule has 10 nitrogen and oxygen atoms in total. The van der Waals surface area contributed by atoms with E-state index in [1.54, 1.807) is 60.7 Å². The minimum Gasteiger partial charge on any atom is -0.481 e. The second-order valence-electron chi connectivity index (χ2n) is 12.1. The third-order valence-electron chi connectivity index (χ3n) is 8.90. The molecule has 1 aromatic heterocycles. The van der Waals surface area contributed by atoms with Crippen molar-refractivity contribution in [1.29, 1.82) is 0 Å². The molecule has 0 unspecified atom stereocenters. The summed E-state index contributed by atoms with van der Waals surface area (Å²) in [5.74, 6) is -1.28. The number of aromatic nitrogens is 3. The maximum absolute atomic E-state index is 14.2. The Balaban J connectivity index is 1.58. The topological polar surface area (TPSA) is 127 Å². The van der Waals surface area contributed by atoms with Crippen LogP contribution in [-0.4, -0.2) is 50.0 Å². The van der Waals surface area contributed by atoms with Crippen molar-refractivity contribution in [1.82, 2.24) is 19.7 Å². The molecule has 50 heavy (non-hydrogen) atoms. The number of hydrogen-bond acceptors (Lipinski definition) is 6. The molecule has 3 atom stereocenters. The fraction of sp³-hybridized carbons (Fsp3) is 0.353. The molecule has 2 heterocycles. The molecule has 4 aromatic rings. The zero-order valence-corrected chi connectivity index (χ0v) is 26.5. The van der Waals surface area contributed by atoms with Gasteiger partial charge < -0.3 is 14.6 Å². The first-order chi connectivity index (χ1) is 23.5. The van der Waals surface area contributed by atoms with Gasteiger partial charge in [0, 0.05) is 6.54 Å². The Hall–Kier alpha value is -5.12. The Labute approximate surface area is 281 Å². The molecule has 16 heteroatoms. The standard InChI is InChI=1S/C34H32F6N4O6/c1-22(24-14-26(33(35,36)37)16-27(15-24)34(38,39)40)50-20-32(25-10-6-3-7-11-25)13-12-31(17-28(45)46,44-21-41-42-29(44)47)19-43(32)30(48)49-18-23-8-4-2-5-9-23/h2-11,14-16,21-22H,12-13,17-20H2,1H3,(H,42,47)(H,45,46)/t22-,31-,32-/m1/s1. The zero-order valence-electron chi connectivity index (χ0n) is 26.5. The minimum atomic E-state index is -5.08. The highest BCUT2D eigenvalue weighted by Gasteiger charge is 2.54. The van der Waals surface area contributed by atoms with Gasteiger partial charge in [0.2, 0.25) is 0 Å². The number of carbonyl (C=O) groups is 2. The summed E-state index contributed by atoms with van der Waals surface area (Å²) in [4.78, 5) is 40.4. The number of aromatic amines is 1. The third kappa shape index (κ3) is 7.69. The van der Waals surface area contributed by atoms with Crippen LogP contribution >= 0.6 is 0 Å². The summed E-state index contributed by atoms with van der Waals surface area (Å²) in [7, 11) is 0. The van der Waals surface area contributed by atoms with Gasteiger partial charge in [0.25, 0.3) is 0 Å². The lowest BCUT2D eigenvalue weighted by molar-refractivity contribution is -0.143. The van der Waals surface area contributed by atoms with Gasteiger partial charge in [-0.15, -0.1) is 0 Å². The number of benzene rings is 3. The number of halogens is 6. The number of aliphatic carboxylic acids is 1. The number of piperidine rings is 1. The fourth-order valence-corrected chi connectivity index (χ4v) is 6.28. The molecule has 3 aromatic carbocycles. The van der Waals surface area contributed by atoms with Crippen LogP contribution in [-0.2, 0) is 44.3 Å². The highest BCUT2D eigenvalue weighted by molar-refractivity contribution is 5.71. The monoisotopic (exact) mass is 706 g/mol. The van der Waals surface area contributed by atoms with E-state index >= 15 is 0 Å². The van der Waals surface area contributed by atoms with Gasteiger partial charge in [-0.2, -0.15) is 31.4 Å². The summed E-state index contributed by atoms with van der Waals surface area (Å²) >= 11 is 0. The number of likely N-dealkylation sites (tertiary alicyclic amines) is 1.